The smallest absolute Gasteiger partial charge is 0.339 e. The molecule has 4 aromatic carbocycles. The van der Waals surface area contributed by atoms with Gasteiger partial charge in [0.1, 0.15) is 5.82 Å². The second-order valence-corrected chi connectivity index (χ2v) is 10.7. The average molecular weight is 583 g/mol. The number of carboxylic acids is 1. The summed E-state index contributed by atoms with van der Waals surface area (Å²) in [6.45, 7) is 0.440. The number of fused-ring (bicyclic) bond motifs is 1. The maximum atomic E-state index is 13.5. The van der Waals surface area contributed by atoms with Gasteiger partial charge in [-0.2, -0.15) is 5.10 Å². The monoisotopic (exact) mass is 582 g/mol. The van der Waals surface area contributed by atoms with E-state index in [4.69, 9.17) is 5.11 Å². The highest BCUT2D eigenvalue weighted by atomic mass is 32.2. The molecular weight excluding hydrogens is 555 g/mol. The Morgan fingerprint density at radius 2 is 1.60 bits per heavy atom. The third-order valence-corrected chi connectivity index (χ3v) is 7.66. The van der Waals surface area contributed by atoms with Crippen molar-refractivity contribution >= 4 is 46.8 Å². The number of thioether (sulfide) groups is 1. The lowest BCUT2D eigenvalue weighted by Crippen LogP contribution is -2.34. The summed E-state index contributed by atoms with van der Waals surface area (Å²) in [5.41, 5.74) is 6.60. The highest BCUT2D eigenvalue weighted by molar-refractivity contribution is 7.99. The SMILES string of the molecule is O=C(N/N=C1\C(=O)N(CCc2ccccc2)c2ccc(SCCc3ccc(C(=O)O)cc3)cc21)Nc1ccc(F)cc1. The number of carbonyl (C=O) groups is 3. The summed E-state index contributed by atoms with van der Waals surface area (Å²) in [6.07, 6.45) is 1.38. The Bertz CT molecular complexity index is 1630. The molecular formula is C32H27FN4O4S. The second kappa shape index (κ2) is 13.1. The molecule has 0 unspecified atom stereocenters. The van der Waals surface area contributed by atoms with Crippen LogP contribution in [-0.2, 0) is 17.6 Å². The maximum Gasteiger partial charge on any atom is 0.339 e. The van der Waals surface area contributed by atoms with Crippen LogP contribution in [0.15, 0.2) is 107 Å². The van der Waals surface area contributed by atoms with Gasteiger partial charge in [-0.25, -0.2) is 19.4 Å². The molecule has 212 valence electrons. The predicted octanol–water partition coefficient (Wildman–Crippen LogP) is 5.97. The Hall–Kier alpha value is -4.96. The van der Waals surface area contributed by atoms with Gasteiger partial charge < -0.3 is 15.3 Å². The molecule has 0 saturated carbocycles. The van der Waals surface area contributed by atoms with Gasteiger partial charge in [-0.3, -0.25) is 4.79 Å². The van der Waals surface area contributed by atoms with Crippen molar-refractivity contribution in [1.82, 2.24) is 5.43 Å². The van der Waals surface area contributed by atoms with E-state index in [0.717, 1.165) is 28.2 Å². The van der Waals surface area contributed by atoms with E-state index in [1.54, 1.807) is 28.8 Å². The number of carbonyl (C=O) groups excluding carboxylic acids is 2. The number of hydrogen-bond acceptors (Lipinski definition) is 5. The minimum atomic E-state index is -0.957. The molecule has 1 aliphatic rings. The van der Waals surface area contributed by atoms with Gasteiger partial charge in [-0.15, -0.1) is 11.8 Å². The molecule has 0 atom stereocenters. The summed E-state index contributed by atoms with van der Waals surface area (Å²) in [5.74, 6) is -0.957. The van der Waals surface area contributed by atoms with Crippen LogP contribution in [0.4, 0.5) is 20.6 Å². The molecule has 0 saturated heterocycles. The molecule has 8 nitrogen and oxygen atoms in total. The van der Waals surface area contributed by atoms with E-state index in [1.165, 1.54) is 24.3 Å². The van der Waals surface area contributed by atoms with Crippen LogP contribution < -0.4 is 15.6 Å². The molecule has 3 N–H and O–H groups in total. The average Bonchev–Trinajstić information content (AvgIpc) is 3.26. The maximum absolute atomic E-state index is 13.5. The van der Waals surface area contributed by atoms with Crippen molar-refractivity contribution in [2.45, 2.75) is 17.7 Å². The normalized spacial score (nSPS) is 13.2. The summed E-state index contributed by atoms with van der Waals surface area (Å²) in [7, 11) is 0. The minimum Gasteiger partial charge on any atom is -0.478 e. The molecule has 1 aliphatic heterocycles. The molecule has 0 radical (unpaired) electrons. The molecule has 0 bridgehead atoms. The van der Waals surface area contributed by atoms with Crippen LogP contribution in [0, 0.1) is 5.82 Å². The summed E-state index contributed by atoms with van der Waals surface area (Å²) in [4.78, 5) is 39.7. The standard InChI is InChI=1S/C32H27FN4O4S/c33-24-10-12-25(13-11-24)34-32(41)36-35-29-27-20-26(42-19-17-22-6-8-23(9-7-22)31(39)40)14-15-28(27)37(30(29)38)18-16-21-4-2-1-3-5-21/h1-15,20H,16-19H2,(H,39,40)(H2,34,36,41)/b35-29-. The number of nitrogens with one attached hydrogen (secondary N) is 2. The third-order valence-electron chi connectivity index (χ3n) is 6.66. The number of benzene rings is 4. The number of anilines is 2. The molecule has 4 aromatic rings. The van der Waals surface area contributed by atoms with Crippen LogP contribution >= 0.6 is 11.8 Å². The van der Waals surface area contributed by atoms with E-state index >= 15 is 0 Å². The Balaban J connectivity index is 1.31. The molecule has 0 fully saturated rings. The molecule has 10 heteroatoms. The quantitative estimate of drug-likeness (QED) is 0.158. The van der Waals surface area contributed by atoms with E-state index in [9.17, 15) is 18.8 Å². The number of halogens is 1. The van der Waals surface area contributed by atoms with E-state index in [-0.39, 0.29) is 17.2 Å². The Morgan fingerprint density at radius 3 is 2.31 bits per heavy atom. The lowest BCUT2D eigenvalue weighted by atomic mass is 10.1. The van der Waals surface area contributed by atoms with Crippen molar-refractivity contribution in [3.8, 4) is 0 Å². The van der Waals surface area contributed by atoms with Gasteiger partial charge in [-0.1, -0.05) is 42.5 Å². The Kier molecular flexibility index (Phi) is 8.93. The fraction of sp³-hybridized carbons (Fsp3) is 0.125. The third kappa shape index (κ3) is 7.02. The van der Waals surface area contributed by atoms with Crippen molar-refractivity contribution in [2.75, 3.05) is 22.5 Å². The van der Waals surface area contributed by atoms with Crippen LogP contribution in [0.1, 0.15) is 27.0 Å². The molecule has 5 rings (SSSR count). The number of carboxylic acid groups (broad SMARTS) is 1. The first kappa shape index (κ1) is 28.6. The zero-order valence-electron chi connectivity index (χ0n) is 22.4. The number of hydrogen-bond donors (Lipinski definition) is 3. The highest BCUT2D eigenvalue weighted by Gasteiger charge is 2.34. The number of amides is 3. The number of rotatable bonds is 10. The molecule has 3 amide bonds. The number of nitrogens with zero attached hydrogens (tertiary/aromatic N) is 2. The number of hydrazone groups is 1. The summed E-state index contributed by atoms with van der Waals surface area (Å²) < 4.78 is 13.2. The van der Waals surface area contributed by atoms with Gasteiger partial charge in [0.15, 0.2) is 5.71 Å². The Labute approximate surface area is 246 Å². The second-order valence-electron chi connectivity index (χ2n) is 9.51. The first-order valence-corrected chi connectivity index (χ1v) is 14.2. The predicted molar refractivity (Wildman–Crippen MR) is 162 cm³/mol. The first-order chi connectivity index (χ1) is 20.4. The van der Waals surface area contributed by atoms with Crippen molar-refractivity contribution in [1.29, 1.82) is 0 Å². The van der Waals surface area contributed by atoms with Gasteiger partial charge in [0.05, 0.1) is 11.3 Å². The largest absolute Gasteiger partial charge is 0.478 e. The lowest BCUT2D eigenvalue weighted by molar-refractivity contribution is -0.112. The first-order valence-electron chi connectivity index (χ1n) is 13.2. The zero-order valence-corrected chi connectivity index (χ0v) is 23.2. The van der Waals surface area contributed by atoms with Crippen molar-refractivity contribution in [3.63, 3.8) is 0 Å². The summed E-state index contributed by atoms with van der Waals surface area (Å²) >= 11 is 1.60. The molecule has 0 aliphatic carbocycles. The molecule has 0 spiro atoms. The number of aromatic carboxylic acids is 1. The molecule has 0 aromatic heterocycles. The van der Waals surface area contributed by atoms with Gasteiger partial charge in [-0.05, 0) is 78.6 Å². The van der Waals surface area contributed by atoms with Crippen molar-refractivity contribution in [3.05, 3.63) is 125 Å². The van der Waals surface area contributed by atoms with Crippen LogP contribution in [0.2, 0.25) is 0 Å². The van der Waals surface area contributed by atoms with Crippen LogP contribution in [0.5, 0.6) is 0 Å². The highest BCUT2D eigenvalue weighted by Crippen LogP contribution is 2.33. The lowest BCUT2D eigenvalue weighted by Gasteiger charge is -2.17. The van der Waals surface area contributed by atoms with Crippen LogP contribution in [0.25, 0.3) is 0 Å². The molecule has 1 heterocycles. The fourth-order valence-electron chi connectivity index (χ4n) is 4.50. The van der Waals surface area contributed by atoms with E-state index in [1.807, 2.05) is 60.7 Å². The summed E-state index contributed by atoms with van der Waals surface area (Å²) in [6, 6.07) is 27.1. The van der Waals surface area contributed by atoms with Crippen molar-refractivity contribution in [2.24, 2.45) is 5.10 Å². The van der Waals surface area contributed by atoms with Gasteiger partial charge in [0.2, 0.25) is 0 Å². The van der Waals surface area contributed by atoms with E-state index < -0.39 is 17.8 Å². The van der Waals surface area contributed by atoms with Crippen LogP contribution in [0.3, 0.4) is 0 Å². The number of aryl methyl sites for hydroxylation is 1. The van der Waals surface area contributed by atoms with Gasteiger partial charge in [0, 0.05) is 28.4 Å². The van der Waals surface area contributed by atoms with Crippen LogP contribution in [-0.4, -0.2) is 41.0 Å². The molecule has 42 heavy (non-hydrogen) atoms. The van der Waals surface area contributed by atoms with E-state index in [0.29, 0.717) is 29.9 Å². The zero-order chi connectivity index (χ0) is 29.5. The minimum absolute atomic E-state index is 0.124. The van der Waals surface area contributed by atoms with Crippen molar-refractivity contribution < 1.29 is 23.9 Å². The topological polar surface area (TPSA) is 111 Å². The Morgan fingerprint density at radius 1 is 0.881 bits per heavy atom. The fourth-order valence-corrected chi connectivity index (χ4v) is 5.44. The van der Waals surface area contributed by atoms with E-state index in [2.05, 4.69) is 15.8 Å². The summed E-state index contributed by atoms with van der Waals surface area (Å²) in [5, 5.41) is 15.8. The van der Waals surface area contributed by atoms with Gasteiger partial charge >= 0.3 is 12.0 Å². The van der Waals surface area contributed by atoms with Gasteiger partial charge in [0.25, 0.3) is 5.91 Å². The number of urea groups is 1.